The fourth-order valence-electron chi connectivity index (χ4n) is 4.33. The van der Waals surface area contributed by atoms with Gasteiger partial charge in [-0.25, -0.2) is 0 Å². The lowest BCUT2D eigenvalue weighted by atomic mass is 9.90. The number of rotatable bonds is 11. The van der Waals surface area contributed by atoms with Gasteiger partial charge in [0.1, 0.15) is 5.84 Å². The van der Waals surface area contributed by atoms with Gasteiger partial charge in [0.05, 0.1) is 31.9 Å². The average molecular weight is 452 g/mol. The Morgan fingerprint density at radius 2 is 2.21 bits per heavy atom. The molecule has 0 saturated carbocycles. The van der Waals surface area contributed by atoms with E-state index in [4.69, 9.17) is 4.98 Å². The molecular weight excluding hydrogens is 414 g/mol. The Morgan fingerprint density at radius 1 is 1.30 bits per heavy atom. The van der Waals surface area contributed by atoms with Crippen molar-refractivity contribution in [2.45, 2.75) is 44.6 Å². The summed E-state index contributed by atoms with van der Waals surface area (Å²) in [6.45, 7) is 2.74. The van der Waals surface area contributed by atoms with Gasteiger partial charge in [0, 0.05) is 25.4 Å². The van der Waals surface area contributed by atoms with E-state index in [0.29, 0.717) is 6.04 Å². The Labute approximate surface area is 197 Å². The maximum atomic E-state index is 11.3. The highest BCUT2D eigenvalue weighted by Gasteiger charge is 2.27. The Hall–Kier alpha value is -2.77. The van der Waals surface area contributed by atoms with Crippen molar-refractivity contribution in [3.8, 4) is 0 Å². The fraction of sp³-hybridized carbons (Fsp3) is 0.500. The van der Waals surface area contributed by atoms with E-state index in [9.17, 15) is 4.79 Å². The minimum atomic E-state index is -0.228. The largest absolute Gasteiger partial charge is 0.468 e. The standard InChI is InChI=1S/C26H37N5O2/c1-27-24(30-22-13-5-3-4-6-14-22)20-31(18-8-7-16-28-19-25(32)33-2)23-15-9-11-21-12-10-17-29-26(21)23/h3-6,10,12-13,17,23,28H,7-9,11,14-16,18-20H2,1-2H3,(H,27,30). The van der Waals surface area contributed by atoms with Gasteiger partial charge >= 0.3 is 5.97 Å². The summed E-state index contributed by atoms with van der Waals surface area (Å²) in [5.41, 5.74) is 3.72. The number of aromatic nitrogens is 1. The lowest BCUT2D eigenvalue weighted by Gasteiger charge is -2.35. The summed E-state index contributed by atoms with van der Waals surface area (Å²) in [7, 11) is 3.27. The summed E-state index contributed by atoms with van der Waals surface area (Å²) >= 11 is 0. The minimum Gasteiger partial charge on any atom is -0.468 e. The predicted molar refractivity (Wildman–Crippen MR) is 133 cm³/mol. The molecule has 7 nitrogen and oxygen atoms in total. The molecule has 0 saturated heterocycles. The predicted octanol–water partition coefficient (Wildman–Crippen LogP) is 3.32. The molecule has 1 unspecified atom stereocenters. The van der Waals surface area contributed by atoms with Crippen molar-refractivity contribution in [3.63, 3.8) is 0 Å². The highest BCUT2D eigenvalue weighted by molar-refractivity contribution is 5.85. The highest BCUT2D eigenvalue weighted by atomic mass is 16.5. The topological polar surface area (TPSA) is 78.9 Å². The molecule has 2 aliphatic rings. The monoisotopic (exact) mass is 451 g/mol. The van der Waals surface area contributed by atoms with Crippen LogP contribution in [0.5, 0.6) is 0 Å². The van der Waals surface area contributed by atoms with E-state index in [1.165, 1.54) is 24.8 Å². The third-order valence-corrected chi connectivity index (χ3v) is 6.07. The quantitative estimate of drug-likeness (QED) is 0.233. The van der Waals surface area contributed by atoms with Crippen molar-refractivity contribution in [2.24, 2.45) is 4.99 Å². The van der Waals surface area contributed by atoms with Crippen LogP contribution >= 0.6 is 0 Å². The highest BCUT2D eigenvalue weighted by Crippen LogP contribution is 2.32. The van der Waals surface area contributed by atoms with Crippen LogP contribution in [0.4, 0.5) is 0 Å². The van der Waals surface area contributed by atoms with Crippen molar-refractivity contribution in [1.29, 1.82) is 0 Å². The van der Waals surface area contributed by atoms with E-state index >= 15 is 0 Å². The lowest BCUT2D eigenvalue weighted by Crippen LogP contribution is -2.41. The number of nitrogens with zero attached hydrogens (tertiary/aromatic N) is 3. The second kappa shape index (κ2) is 13.7. The third kappa shape index (κ3) is 7.94. The van der Waals surface area contributed by atoms with Gasteiger partial charge in [-0.2, -0.15) is 0 Å². The molecule has 0 bridgehead atoms. The van der Waals surface area contributed by atoms with Crippen molar-refractivity contribution in [1.82, 2.24) is 20.5 Å². The van der Waals surface area contributed by atoms with Crippen LogP contribution in [0.1, 0.15) is 49.4 Å². The van der Waals surface area contributed by atoms with Gasteiger partial charge in [0.25, 0.3) is 0 Å². The number of aliphatic imine (C=N–C) groups is 1. The van der Waals surface area contributed by atoms with Crippen LogP contribution in [0.3, 0.4) is 0 Å². The van der Waals surface area contributed by atoms with Crippen LogP contribution < -0.4 is 10.6 Å². The zero-order valence-electron chi connectivity index (χ0n) is 19.9. The summed E-state index contributed by atoms with van der Waals surface area (Å²) in [6, 6.07) is 4.55. The molecule has 33 heavy (non-hydrogen) atoms. The van der Waals surface area contributed by atoms with Crippen molar-refractivity contribution in [2.75, 3.05) is 40.3 Å². The maximum Gasteiger partial charge on any atom is 0.319 e. The number of nitrogens with one attached hydrogen (secondary N) is 2. The van der Waals surface area contributed by atoms with E-state index in [1.807, 2.05) is 25.4 Å². The van der Waals surface area contributed by atoms with E-state index in [0.717, 1.165) is 63.3 Å². The number of hydrogen-bond acceptors (Lipinski definition) is 6. The molecule has 2 N–H and O–H groups in total. The molecule has 7 heteroatoms. The van der Waals surface area contributed by atoms with Crippen LogP contribution in [0.2, 0.25) is 0 Å². The van der Waals surface area contributed by atoms with E-state index in [1.54, 1.807) is 0 Å². The first-order chi connectivity index (χ1) is 16.2. The second-order valence-corrected chi connectivity index (χ2v) is 8.39. The first-order valence-corrected chi connectivity index (χ1v) is 11.9. The van der Waals surface area contributed by atoms with Crippen LogP contribution in [-0.4, -0.2) is 62.0 Å². The number of hydrogen-bond donors (Lipinski definition) is 2. The van der Waals surface area contributed by atoms with Gasteiger partial charge in [0.15, 0.2) is 0 Å². The fourth-order valence-corrected chi connectivity index (χ4v) is 4.33. The number of pyridine rings is 1. The smallest absolute Gasteiger partial charge is 0.319 e. The number of allylic oxidation sites excluding steroid dienone is 5. The number of esters is 1. The molecule has 0 aromatic carbocycles. The number of methoxy groups -OCH3 is 1. The summed E-state index contributed by atoms with van der Waals surface area (Å²) in [4.78, 5) is 23.2. The Kier molecular flexibility index (Phi) is 10.3. The number of fused-ring (bicyclic) bond motifs is 1. The summed E-state index contributed by atoms with van der Waals surface area (Å²) in [5.74, 6) is 0.741. The lowest BCUT2D eigenvalue weighted by molar-refractivity contribution is -0.139. The summed E-state index contributed by atoms with van der Waals surface area (Å²) in [6.07, 6.45) is 18.6. The molecular formula is C26H37N5O2. The average Bonchev–Trinajstić information content (AvgIpc) is 3.12. The molecule has 1 atom stereocenters. The van der Waals surface area contributed by atoms with Gasteiger partial charge < -0.3 is 15.4 Å². The van der Waals surface area contributed by atoms with Crippen LogP contribution in [0.25, 0.3) is 0 Å². The summed E-state index contributed by atoms with van der Waals surface area (Å²) in [5, 5.41) is 6.71. The summed E-state index contributed by atoms with van der Waals surface area (Å²) < 4.78 is 4.68. The van der Waals surface area contributed by atoms with Crippen molar-refractivity contribution in [3.05, 3.63) is 65.7 Å². The molecule has 0 radical (unpaired) electrons. The zero-order chi connectivity index (χ0) is 23.3. The maximum absolute atomic E-state index is 11.3. The van der Waals surface area contributed by atoms with Gasteiger partial charge in [0.2, 0.25) is 0 Å². The van der Waals surface area contributed by atoms with Crippen LogP contribution in [-0.2, 0) is 16.0 Å². The van der Waals surface area contributed by atoms with Crippen LogP contribution in [0, 0.1) is 0 Å². The number of unbranched alkanes of at least 4 members (excludes halogenated alkanes) is 1. The first kappa shape index (κ1) is 24.9. The SMILES string of the molecule is CN=C(CN(CCCCNCC(=O)OC)C1CCCc2cccnc21)NC1=CC=CC=CC1. The molecule has 1 aromatic rings. The van der Waals surface area contributed by atoms with Crippen LogP contribution in [0.15, 0.2) is 59.4 Å². The van der Waals surface area contributed by atoms with Crippen molar-refractivity contribution >= 4 is 11.8 Å². The molecule has 0 fully saturated rings. The van der Waals surface area contributed by atoms with E-state index in [-0.39, 0.29) is 12.5 Å². The zero-order valence-corrected chi connectivity index (χ0v) is 19.9. The Balaban J connectivity index is 1.65. The number of aryl methyl sites for hydroxylation is 1. The molecule has 0 aliphatic heterocycles. The van der Waals surface area contributed by atoms with Crippen molar-refractivity contribution < 1.29 is 9.53 Å². The molecule has 2 aliphatic carbocycles. The number of carbonyl (C=O) groups is 1. The van der Waals surface area contributed by atoms with Gasteiger partial charge in [-0.1, -0.05) is 30.4 Å². The minimum absolute atomic E-state index is 0.228. The first-order valence-electron chi connectivity index (χ1n) is 11.9. The molecule has 3 rings (SSSR count). The Bertz CT molecular complexity index is 890. The second-order valence-electron chi connectivity index (χ2n) is 8.39. The molecule has 178 valence electrons. The third-order valence-electron chi connectivity index (χ3n) is 6.07. The van der Waals surface area contributed by atoms with Gasteiger partial charge in [-0.05, 0) is 62.9 Å². The number of amidine groups is 1. The molecule has 0 amide bonds. The number of ether oxygens (including phenoxy) is 1. The molecule has 0 spiro atoms. The normalized spacial score (nSPS) is 18.0. The van der Waals surface area contributed by atoms with E-state index < -0.39 is 0 Å². The Morgan fingerprint density at radius 3 is 3.06 bits per heavy atom. The number of carbonyl (C=O) groups excluding carboxylic acids is 1. The molecule has 1 aromatic heterocycles. The van der Waals surface area contributed by atoms with Gasteiger partial charge in [-0.15, -0.1) is 0 Å². The van der Waals surface area contributed by atoms with Gasteiger partial charge in [-0.3, -0.25) is 19.7 Å². The van der Waals surface area contributed by atoms with E-state index in [2.05, 4.69) is 55.6 Å². The molecule has 1 heterocycles.